The molecule has 0 aliphatic carbocycles. The van der Waals surface area contributed by atoms with Gasteiger partial charge in [0.15, 0.2) is 6.54 Å². The zero-order valence-electron chi connectivity index (χ0n) is 14.8. The average molecular weight is 397 g/mol. The van der Waals surface area contributed by atoms with Gasteiger partial charge in [0.1, 0.15) is 24.9 Å². The van der Waals surface area contributed by atoms with Gasteiger partial charge in [-0.3, -0.25) is 4.79 Å². The number of rotatable bonds is 9. The number of nitrogens with one attached hydrogen (secondary N) is 2. The molecule has 2 aromatic rings. The fourth-order valence-corrected chi connectivity index (χ4v) is 3.92. The molecule has 2 atom stereocenters. The lowest BCUT2D eigenvalue weighted by Gasteiger charge is -2.21. The third-order valence-electron chi connectivity index (χ3n) is 4.32. The van der Waals surface area contributed by atoms with Gasteiger partial charge in [-0.1, -0.05) is 6.07 Å². The Hall–Kier alpha value is -2.03. The summed E-state index contributed by atoms with van der Waals surface area (Å²) in [5.41, 5.74) is 0.550. The largest absolute Gasteiger partial charge is 0.435 e. The molecule has 2 N–H and O–H groups in total. The summed E-state index contributed by atoms with van der Waals surface area (Å²) >= 11 is 1.68. The van der Waals surface area contributed by atoms with Gasteiger partial charge in [0.2, 0.25) is 0 Å². The molecule has 0 spiro atoms. The monoisotopic (exact) mass is 397 g/mol. The first-order valence-electron chi connectivity index (χ1n) is 8.91. The number of carbonyl (C=O) groups is 1. The Labute approximate surface area is 160 Å². The van der Waals surface area contributed by atoms with Gasteiger partial charge in [0.05, 0.1) is 4.88 Å². The highest BCUT2D eigenvalue weighted by atomic mass is 32.1. The number of anilines is 1. The van der Waals surface area contributed by atoms with Crippen LogP contribution >= 0.6 is 11.3 Å². The molecule has 146 valence electrons. The Bertz CT molecular complexity index is 704. The minimum Gasteiger partial charge on any atom is -0.435 e. The molecule has 0 radical (unpaired) electrons. The number of halogens is 2. The van der Waals surface area contributed by atoms with Crippen molar-refractivity contribution < 1.29 is 27.9 Å². The second-order valence-corrected chi connectivity index (χ2v) is 7.51. The van der Waals surface area contributed by atoms with Crippen molar-refractivity contribution in [1.29, 1.82) is 0 Å². The van der Waals surface area contributed by atoms with E-state index in [2.05, 4.69) is 16.1 Å². The highest BCUT2D eigenvalue weighted by Crippen LogP contribution is 2.17. The molecule has 0 bridgehead atoms. The Morgan fingerprint density at radius 3 is 2.78 bits per heavy atom. The number of thiophene rings is 1. The molecule has 5 nitrogen and oxygen atoms in total. The predicted molar refractivity (Wildman–Crippen MR) is 99.4 cm³/mol. The minimum absolute atomic E-state index is 0.0614. The fraction of sp³-hybridized carbons (Fsp3) is 0.421. The van der Waals surface area contributed by atoms with E-state index in [0.717, 1.165) is 37.4 Å². The van der Waals surface area contributed by atoms with Gasteiger partial charge in [0.25, 0.3) is 5.91 Å². The molecule has 1 aromatic heterocycles. The molecule has 1 unspecified atom stereocenters. The van der Waals surface area contributed by atoms with E-state index in [9.17, 15) is 13.6 Å². The SMILES string of the molecule is O=C(C[NH+](Cc1cccs1)C[C@H]1CCCO1)Nc1ccc(OC(F)F)cc1. The van der Waals surface area contributed by atoms with Crippen molar-refractivity contribution in [2.24, 2.45) is 0 Å². The summed E-state index contributed by atoms with van der Waals surface area (Å²) in [7, 11) is 0. The summed E-state index contributed by atoms with van der Waals surface area (Å²) in [5, 5.41) is 4.85. The van der Waals surface area contributed by atoms with Crippen molar-refractivity contribution in [3.8, 4) is 5.75 Å². The highest BCUT2D eigenvalue weighted by Gasteiger charge is 2.24. The number of carbonyl (C=O) groups excluding carboxylic acids is 1. The van der Waals surface area contributed by atoms with Crippen LogP contribution in [0, 0.1) is 0 Å². The van der Waals surface area contributed by atoms with E-state index >= 15 is 0 Å². The number of hydrogen-bond donors (Lipinski definition) is 2. The van der Waals surface area contributed by atoms with Gasteiger partial charge in [-0.15, -0.1) is 11.3 Å². The third-order valence-corrected chi connectivity index (χ3v) is 5.19. The molecular formula is C19H23F2N2O3S+. The molecule has 1 saturated heterocycles. The van der Waals surface area contributed by atoms with Crippen LogP contribution in [-0.2, 0) is 16.1 Å². The van der Waals surface area contributed by atoms with Crippen LogP contribution in [0.3, 0.4) is 0 Å². The first-order chi connectivity index (χ1) is 13.1. The van der Waals surface area contributed by atoms with Gasteiger partial charge in [-0.25, -0.2) is 0 Å². The van der Waals surface area contributed by atoms with E-state index in [0.29, 0.717) is 12.2 Å². The molecule has 1 aromatic carbocycles. The van der Waals surface area contributed by atoms with Crippen molar-refractivity contribution in [1.82, 2.24) is 0 Å². The number of amides is 1. The molecule has 1 aliphatic rings. The highest BCUT2D eigenvalue weighted by molar-refractivity contribution is 7.09. The van der Waals surface area contributed by atoms with Crippen LogP contribution in [0.2, 0.25) is 0 Å². The summed E-state index contributed by atoms with van der Waals surface area (Å²) in [6, 6.07) is 9.99. The lowest BCUT2D eigenvalue weighted by Crippen LogP contribution is -3.12. The summed E-state index contributed by atoms with van der Waals surface area (Å²) in [6.45, 7) is -0.209. The standard InChI is InChI=1S/C19H22F2N2O3S/c20-19(21)26-15-7-5-14(6-8-15)22-18(24)13-23(11-16-3-1-9-25-16)12-17-4-2-10-27-17/h2,4-8,10,16,19H,1,3,9,11-13H2,(H,22,24)/p+1/t16-/m1/s1. The average Bonchev–Trinajstić information content (AvgIpc) is 3.30. The number of hydrogen-bond acceptors (Lipinski definition) is 4. The Balaban J connectivity index is 1.55. The van der Waals surface area contributed by atoms with Gasteiger partial charge in [0, 0.05) is 12.3 Å². The van der Waals surface area contributed by atoms with Crippen molar-refractivity contribution in [3.05, 3.63) is 46.7 Å². The first-order valence-corrected chi connectivity index (χ1v) is 9.79. The van der Waals surface area contributed by atoms with Gasteiger partial charge < -0.3 is 19.7 Å². The number of benzene rings is 1. The van der Waals surface area contributed by atoms with Crippen molar-refractivity contribution >= 4 is 22.9 Å². The van der Waals surface area contributed by atoms with Crippen LogP contribution < -0.4 is 15.0 Å². The van der Waals surface area contributed by atoms with Crippen LogP contribution in [-0.4, -0.2) is 38.3 Å². The van der Waals surface area contributed by atoms with Crippen LogP contribution in [0.4, 0.5) is 14.5 Å². The Morgan fingerprint density at radius 1 is 1.33 bits per heavy atom. The van der Waals surface area contributed by atoms with Crippen molar-refractivity contribution in [2.45, 2.75) is 32.1 Å². The number of quaternary nitrogens is 1. The molecule has 3 rings (SSSR count). The zero-order chi connectivity index (χ0) is 19.1. The summed E-state index contributed by atoms with van der Waals surface area (Å²) in [4.78, 5) is 14.8. The first kappa shape index (κ1) is 19.7. The van der Waals surface area contributed by atoms with Crippen LogP contribution in [0.1, 0.15) is 17.7 Å². The van der Waals surface area contributed by atoms with Crippen molar-refractivity contribution in [3.63, 3.8) is 0 Å². The van der Waals surface area contributed by atoms with E-state index in [1.807, 2.05) is 11.4 Å². The van der Waals surface area contributed by atoms with Crippen LogP contribution in [0.15, 0.2) is 41.8 Å². The second kappa shape index (κ2) is 9.77. The summed E-state index contributed by atoms with van der Waals surface area (Å²) in [6.07, 6.45) is 2.29. The smallest absolute Gasteiger partial charge is 0.387 e. The van der Waals surface area contributed by atoms with E-state index < -0.39 is 6.61 Å². The summed E-state index contributed by atoms with van der Waals surface area (Å²) in [5.74, 6) is -0.0617. The van der Waals surface area contributed by atoms with Gasteiger partial charge >= 0.3 is 6.61 Å². The molecule has 1 fully saturated rings. The fourth-order valence-electron chi connectivity index (χ4n) is 3.15. The topological polar surface area (TPSA) is 52.0 Å². The lowest BCUT2D eigenvalue weighted by atomic mass is 10.2. The van der Waals surface area contributed by atoms with Gasteiger partial charge in [-0.05, 0) is 48.6 Å². The third kappa shape index (κ3) is 6.57. The Kier molecular flexibility index (Phi) is 7.14. The number of alkyl halides is 2. The molecule has 2 heterocycles. The molecular weight excluding hydrogens is 374 g/mol. The van der Waals surface area contributed by atoms with Crippen LogP contribution in [0.25, 0.3) is 0 Å². The predicted octanol–water partition coefficient (Wildman–Crippen LogP) is 2.55. The maximum atomic E-state index is 12.5. The van der Waals surface area contributed by atoms with E-state index in [-0.39, 0.29) is 17.8 Å². The van der Waals surface area contributed by atoms with E-state index in [1.165, 1.54) is 17.0 Å². The van der Waals surface area contributed by atoms with Crippen LogP contribution in [0.5, 0.6) is 5.75 Å². The molecule has 27 heavy (non-hydrogen) atoms. The maximum Gasteiger partial charge on any atom is 0.387 e. The summed E-state index contributed by atoms with van der Waals surface area (Å²) < 4.78 is 34.4. The molecule has 1 aliphatic heterocycles. The zero-order valence-corrected chi connectivity index (χ0v) is 15.6. The lowest BCUT2D eigenvalue weighted by molar-refractivity contribution is -0.908. The van der Waals surface area contributed by atoms with E-state index in [1.54, 1.807) is 23.5 Å². The second-order valence-electron chi connectivity index (χ2n) is 6.47. The molecule has 0 saturated carbocycles. The van der Waals surface area contributed by atoms with E-state index in [4.69, 9.17) is 4.74 Å². The minimum atomic E-state index is -2.86. The molecule has 1 amide bonds. The Morgan fingerprint density at radius 2 is 2.15 bits per heavy atom. The molecule has 8 heteroatoms. The normalized spacial score (nSPS) is 17.8. The van der Waals surface area contributed by atoms with Gasteiger partial charge in [-0.2, -0.15) is 8.78 Å². The maximum absolute atomic E-state index is 12.5. The number of ether oxygens (including phenoxy) is 2. The quantitative estimate of drug-likeness (QED) is 0.684. The van der Waals surface area contributed by atoms with Crippen molar-refractivity contribution in [2.75, 3.05) is 25.0 Å².